The summed E-state index contributed by atoms with van der Waals surface area (Å²) in [6.07, 6.45) is -1.02. The van der Waals surface area contributed by atoms with Gasteiger partial charge in [-0.25, -0.2) is 4.79 Å². The van der Waals surface area contributed by atoms with E-state index in [9.17, 15) is 22.8 Å². The molecule has 1 fully saturated rings. The molecule has 0 spiro atoms. The Labute approximate surface area is 165 Å². The second-order valence-electron chi connectivity index (χ2n) is 6.76. The molecule has 2 heterocycles. The number of thiophene rings is 1. The zero-order valence-corrected chi connectivity index (χ0v) is 16.9. The highest BCUT2D eigenvalue weighted by atomic mass is 32.1. The van der Waals surface area contributed by atoms with E-state index in [4.69, 9.17) is 9.90 Å². The van der Waals surface area contributed by atoms with E-state index in [1.54, 1.807) is 6.92 Å². The van der Waals surface area contributed by atoms with Crippen molar-refractivity contribution >= 4 is 29.0 Å². The summed E-state index contributed by atoms with van der Waals surface area (Å²) < 4.78 is 31.7. The van der Waals surface area contributed by atoms with Crippen LogP contribution in [-0.2, 0) is 16.0 Å². The summed E-state index contributed by atoms with van der Waals surface area (Å²) in [4.78, 5) is 37.4. The zero-order chi connectivity index (χ0) is 21.5. The molecule has 2 rings (SSSR count). The average molecular weight is 422 g/mol. The Bertz CT molecular complexity index is 691. The summed E-state index contributed by atoms with van der Waals surface area (Å²) in [5, 5.41) is 9.04. The third-order valence-electron chi connectivity index (χ3n) is 4.43. The Morgan fingerprint density at radius 1 is 1.32 bits per heavy atom. The van der Waals surface area contributed by atoms with Gasteiger partial charge in [0.05, 0.1) is 11.3 Å². The van der Waals surface area contributed by atoms with E-state index in [-0.39, 0.29) is 11.7 Å². The van der Waals surface area contributed by atoms with Gasteiger partial charge >= 0.3 is 12.1 Å². The first kappa shape index (κ1) is 24.1. The standard InChI is InChI=1S/C16H24N2O2S.C2HF3O2/c1-12(19)15-8-13(11-21-15)9-16(20)18(3)10-14-6-4-5-7-17(14)2;3-2(4,5)1(6)7/h8,11,14H,4-7,9-10H2,1-3H3;(H,6,7). The van der Waals surface area contributed by atoms with Crippen molar-refractivity contribution in [2.75, 3.05) is 27.2 Å². The number of ketones is 1. The minimum atomic E-state index is -5.08. The Kier molecular flexibility index (Phi) is 9.09. The maximum Gasteiger partial charge on any atom is 0.490 e. The monoisotopic (exact) mass is 422 g/mol. The molecule has 10 heteroatoms. The quantitative estimate of drug-likeness (QED) is 0.738. The number of carbonyl (C=O) groups is 3. The number of hydrogen-bond donors (Lipinski definition) is 1. The Morgan fingerprint density at radius 3 is 2.39 bits per heavy atom. The maximum atomic E-state index is 12.3. The summed E-state index contributed by atoms with van der Waals surface area (Å²) in [7, 11) is 4.02. The van der Waals surface area contributed by atoms with Crippen LogP contribution in [0.2, 0.25) is 0 Å². The normalized spacial score (nSPS) is 17.4. The highest BCUT2D eigenvalue weighted by Crippen LogP contribution is 2.18. The molecule has 1 atom stereocenters. The molecular formula is C18H25F3N2O4S. The molecule has 1 aliphatic heterocycles. The van der Waals surface area contributed by atoms with Gasteiger partial charge in [0.25, 0.3) is 0 Å². The third kappa shape index (κ3) is 7.97. The Morgan fingerprint density at radius 2 is 1.93 bits per heavy atom. The number of rotatable bonds is 5. The largest absolute Gasteiger partial charge is 0.490 e. The van der Waals surface area contributed by atoms with Crippen molar-refractivity contribution in [3.8, 4) is 0 Å². The van der Waals surface area contributed by atoms with Crippen LogP contribution >= 0.6 is 11.3 Å². The number of piperidine rings is 1. The van der Waals surface area contributed by atoms with E-state index >= 15 is 0 Å². The van der Waals surface area contributed by atoms with Crippen molar-refractivity contribution in [3.63, 3.8) is 0 Å². The van der Waals surface area contributed by atoms with Gasteiger partial charge in [-0.15, -0.1) is 11.3 Å². The molecule has 1 aliphatic rings. The van der Waals surface area contributed by atoms with Crippen LogP contribution in [0.15, 0.2) is 11.4 Å². The number of nitrogens with zero attached hydrogens (tertiary/aromatic N) is 2. The summed E-state index contributed by atoms with van der Waals surface area (Å²) in [5.74, 6) is -2.56. The first-order chi connectivity index (χ1) is 12.9. The second-order valence-corrected chi connectivity index (χ2v) is 7.67. The maximum absolute atomic E-state index is 12.3. The molecule has 0 bridgehead atoms. The summed E-state index contributed by atoms with van der Waals surface area (Å²) in [6, 6.07) is 2.31. The number of carboxylic acids is 1. The lowest BCUT2D eigenvalue weighted by Crippen LogP contribution is -2.45. The fraction of sp³-hybridized carbons (Fsp3) is 0.611. The van der Waals surface area contributed by atoms with Crippen LogP contribution in [0, 0.1) is 0 Å². The van der Waals surface area contributed by atoms with E-state index in [2.05, 4.69) is 11.9 Å². The summed E-state index contributed by atoms with van der Waals surface area (Å²) in [5.41, 5.74) is 0.944. The van der Waals surface area contributed by atoms with Crippen LogP contribution in [0.5, 0.6) is 0 Å². The van der Waals surface area contributed by atoms with Gasteiger partial charge in [0.1, 0.15) is 0 Å². The Hall–Kier alpha value is -1.94. The van der Waals surface area contributed by atoms with Crippen LogP contribution in [0.1, 0.15) is 41.4 Å². The molecule has 1 unspecified atom stereocenters. The van der Waals surface area contributed by atoms with Crippen LogP contribution < -0.4 is 0 Å². The van der Waals surface area contributed by atoms with Gasteiger partial charge in [-0.3, -0.25) is 9.59 Å². The molecule has 1 saturated heterocycles. The van der Waals surface area contributed by atoms with Gasteiger partial charge in [0.2, 0.25) is 5.91 Å². The summed E-state index contributed by atoms with van der Waals surface area (Å²) in [6.45, 7) is 3.47. The third-order valence-corrected chi connectivity index (χ3v) is 5.51. The molecule has 28 heavy (non-hydrogen) atoms. The van der Waals surface area contributed by atoms with Crippen molar-refractivity contribution in [2.24, 2.45) is 0 Å². The number of alkyl halides is 3. The predicted octanol–water partition coefficient (Wildman–Crippen LogP) is 3.07. The van der Waals surface area contributed by atoms with Crippen LogP contribution in [0.3, 0.4) is 0 Å². The van der Waals surface area contributed by atoms with Crippen molar-refractivity contribution in [1.29, 1.82) is 0 Å². The number of halogens is 3. The number of hydrogen-bond acceptors (Lipinski definition) is 5. The van der Waals surface area contributed by atoms with Gasteiger partial charge in [0, 0.05) is 19.6 Å². The van der Waals surface area contributed by atoms with Crippen molar-refractivity contribution in [2.45, 2.75) is 44.8 Å². The molecule has 1 N–H and O–H groups in total. The first-order valence-corrected chi connectivity index (χ1v) is 9.62. The minimum absolute atomic E-state index is 0.0656. The second kappa shape index (κ2) is 10.6. The molecule has 6 nitrogen and oxygen atoms in total. The molecule has 158 valence electrons. The van der Waals surface area contributed by atoms with Crippen LogP contribution in [-0.4, -0.2) is 72.0 Å². The molecule has 1 aromatic rings. The lowest BCUT2D eigenvalue weighted by Gasteiger charge is -2.35. The molecule has 1 aromatic heterocycles. The molecule has 1 amide bonds. The SMILES string of the molecule is CC(=O)c1cc(CC(=O)N(C)CC2CCCCN2C)cs1.O=C(O)C(F)(F)F. The number of carboxylic acid groups (broad SMARTS) is 1. The lowest BCUT2D eigenvalue weighted by atomic mass is 10.0. The lowest BCUT2D eigenvalue weighted by molar-refractivity contribution is -0.192. The van der Waals surface area contributed by atoms with Crippen LogP contribution in [0.4, 0.5) is 13.2 Å². The number of likely N-dealkylation sites (tertiary alicyclic amines) is 1. The minimum Gasteiger partial charge on any atom is -0.475 e. The molecule has 0 aliphatic carbocycles. The number of likely N-dealkylation sites (N-methyl/N-ethyl adjacent to an activating group) is 2. The van der Waals surface area contributed by atoms with Gasteiger partial charge in [-0.1, -0.05) is 6.42 Å². The number of aliphatic carboxylic acids is 1. The first-order valence-electron chi connectivity index (χ1n) is 8.74. The van der Waals surface area contributed by atoms with Crippen molar-refractivity contribution < 1.29 is 32.7 Å². The Balaban J connectivity index is 0.000000480. The molecule has 0 saturated carbocycles. The van der Waals surface area contributed by atoms with E-state index in [1.165, 1.54) is 30.6 Å². The van der Waals surface area contributed by atoms with Gasteiger partial charge < -0.3 is 14.9 Å². The zero-order valence-electron chi connectivity index (χ0n) is 16.1. The smallest absolute Gasteiger partial charge is 0.475 e. The highest BCUT2D eigenvalue weighted by molar-refractivity contribution is 7.12. The summed E-state index contributed by atoms with van der Waals surface area (Å²) >= 11 is 1.42. The molecular weight excluding hydrogens is 397 g/mol. The van der Waals surface area contributed by atoms with Crippen LogP contribution in [0.25, 0.3) is 0 Å². The van der Waals surface area contributed by atoms with Crippen molar-refractivity contribution in [3.05, 3.63) is 21.9 Å². The predicted molar refractivity (Wildman–Crippen MR) is 99.6 cm³/mol. The number of carbonyl (C=O) groups excluding carboxylic acids is 2. The molecule has 0 aromatic carbocycles. The fourth-order valence-corrected chi connectivity index (χ4v) is 3.57. The molecule has 0 radical (unpaired) electrons. The highest BCUT2D eigenvalue weighted by Gasteiger charge is 2.38. The van der Waals surface area contributed by atoms with E-state index in [1.807, 2.05) is 23.4 Å². The van der Waals surface area contributed by atoms with Gasteiger partial charge in [-0.2, -0.15) is 13.2 Å². The van der Waals surface area contributed by atoms with E-state index in [0.717, 1.165) is 23.5 Å². The van der Waals surface area contributed by atoms with Gasteiger partial charge in [-0.05, 0) is 50.4 Å². The topological polar surface area (TPSA) is 77.9 Å². The number of Topliss-reactive ketones (excluding diaryl/α,β-unsaturated/α-hetero) is 1. The van der Waals surface area contributed by atoms with Gasteiger partial charge in [0.15, 0.2) is 5.78 Å². The van der Waals surface area contributed by atoms with Crippen molar-refractivity contribution in [1.82, 2.24) is 9.80 Å². The number of amides is 1. The fourth-order valence-electron chi connectivity index (χ4n) is 2.76. The van der Waals surface area contributed by atoms with E-state index in [0.29, 0.717) is 12.5 Å². The average Bonchev–Trinajstić information content (AvgIpc) is 3.05. The van der Waals surface area contributed by atoms with E-state index < -0.39 is 12.1 Å².